The van der Waals surface area contributed by atoms with E-state index >= 15 is 0 Å². The largest absolute Gasteiger partial charge is 0.466 e. The average molecular weight is 312 g/mol. The van der Waals surface area contributed by atoms with Gasteiger partial charge in [-0.2, -0.15) is 0 Å². The molecular formula is C15H15Cl2NO2. The van der Waals surface area contributed by atoms with Crippen LogP contribution in [0.3, 0.4) is 0 Å². The standard InChI is InChI=1S/C15H15Cl2NO2/c1-8-6-13(10(3)20-8)15(19)18-9(2)12-5-4-11(16)7-14(12)17/h4-7,9H,1-3H3,(H,18,19)/t9-/m1/s1. The van der Waals surface area contributed by atoms with Crippen molar-refractivity contribution in [2.75, 3.05) is 0 Å². The summed E-state index contributed by atoms with van der Waals surface area (Å²) in [6.45, 7) is 5.44. The lowest BCUT2D eigenvalue weighted by Crippen LogP contribution is -2.27. The van der Waals surface area contributed by atoms with Gasteiger partial charge in [0.2, 0.25) is 0 Å². The first kappa shape index (κ1) is 14.9. The molecule has 2 rings (SSSR count). The van der Waals surface area contributed by atoms with E-state index in [1.165, 1.54) is 0 Å². The van der Waals surface area contributed by atoms with Gasteiger partial charge < -0.3 is 9.73 Å². The highest BCUT2D eigenvalue weighted by molar-refractivity contribution is 6.35. The van der Waals surface area contributed by atoms with Crippen LogP contribution in [-0.4, -0.2) is 5.91 Å². The number of hydrogen-bond donors (Lipinski definition) is 1. The van der Waals surface area contributed by atoms with E-state index in [9.17, 15) is 4.79 Å². The Morgan fingerprint density at radius 2 is 1.95 bits per heavy atom. The Hall–Kier alpha value is -1.45. The molecule has 1 aromatic heterocycles. The summed E-state index contributed by atoms with van der Waals surface area (Å²) in [4.78, 5) is 12.2. The lowest BCUT2D eigenvalue weighted by Gasteiger charge is -2.15. The van der Waals surface area contributed by atoms with Gasteiger partial charge in [0, 0.05) is 10.0 Å². The van der Waals surface area contributed by atoms with Gasteiger partial charge in [0.05, 0.1) is 11.6 Å². The van der Waals surface area contributed by atoms with Crippen molar-refractivity contribution < 1.29 is 9.21 Å². The highest BCUT2D eigenvalue weighted by Gasteiger charge is 2.17. The number of hydrogen-bond acceptors (Lipinski definition) is 2. The summed E-state index contributed by atoms with van der Waals surface area (Å²) in [5.74, 6) is 1.14. The van der Waals surface area contributed by atoms with Crippen LogP contribution in [0.25, 0.3) is 0 Å². The van der Waals surface area contributed by atoms with E-state index in [1.54, 1.807) is 25.1 Å². The molecule has 0 radical (unpaired) electrons. The molecule has 0 saturated heterocycles. The Bertz CT molecular complexity index is 649. The Kier molecular flexibility index (Phi) is 4.41. The number of rotatable bonds is 3. The Morgan fingerprint density at radius 3 is 2.50 bits per heavy atom. The molecule has 0 fully saturated rings. The minimum Gasteiger partial charge on any atom is -0.466 e. The maximum absolute atomic E-state index is 12.2. The molecule has 3 nitrogen and oxygen atoms in total. The Labute approximate surface area is 127 Å². The van der Waals surface area contributed by atoms with Crippen LogP contribution in [-0.2, 0) is 0 Å². The van der Waals surface area contributed by atoms with Crippen molar-refractivity contribution in [1.82, 2.24) is 5.32 Å². The van der Waals surface area contributed by atoms with E-state index in [-0.39, 0.29) is 11.9 Å². The zero-order chi connectivity index (χ0) is 14.9. The average Bonchev–Trinajstić information content (AvgIpc) is 2.68. The fourth-order valence-electron chi connectivity index (χ4n) is 2.06. The number of furan rings is 1. The summed E-state index contributed by atoms with van der Waals surface area (Å²) in [6, 6.07) is 6.72. The third kappa shape index (κ3) is 3.17. The van der Waals surface area contributed by atoms with Crippen LogP contribution < -0.4 is 5.32 Å². The first-order valence-corrected chi connectivity index (χ1v) is 6.97. The normalized spacial score (nSPS) is 12.2. The summed E-state index contributed by atoms with van der Waals surface area (Å²) >= 11 is 12.0. The monoisotopic (exact) mass is 311 g/mol. The van der Waals surface area contributed by atoms with Crippen molar-refractivity contribution in [3.8, 4) is 0 Å². The van der Waals surface area contributed by atoms with Gasteiger partial charge in [-0.1, -0.05) is 29.3 Å². The SMILES string of the molecule is Cc1cc(C(=O)N[C@H](C)c2ccc(Cl)cc2Cl)c(C)o1. The fraction of sp³-hybridized carbons (Fsp3) is 0.267. The molecule has 1 N–H and O–H groups in total. The summed E-state index contributed by atoms with van der Waals surface area (Å²) in [7, 11) is 0. The molecule has 1 amide bonds. The zero-order valence-electron chi connectivity index (χ0n) is 11.5. The molecule has 1 atom stereocenters. The number of halogens is 2. The molecule has 0 bridgehead atoms. The first-order chi connectivity index (χ1) is 9.38. The van der Waals surface area contributed by atoms with E-state index in [2.05, 4.69) is 5.32 Å². The molecule has 2 aromatic rings. The van der Waals surface area contributed by atoms with Gasteiger partial charge in [-0.15, -0.1) is 0 Å². The van der Waals surface area contributed by atoms with Crippen LogP contribution in [0, 0.1) is 13.8 Å². The molecular weight excluding hydrogens is 297 g/mol. The molecule has 5 heteroatoms. The lowest BCUT2D eigenvalue weighted by molar-refractivity contribution is 0.0938. The maximum atomic E-state index is 12.2. The van der Waals surface area contributed by atoms with Gasteiger partial charge in [0.1, 0.15) is 11.5 Å². The fourth-order valence-corrected chi connectivity index (χ4v) is 2.63. The summed E-state index contributed by atoms with van der Waals surface area (Å²) < 4.78 is 5.36. The predicted molar refractivity (Wildman–Crippen MR) is 80.5 cm³/mol. The molecule has 0 unspecified atom stereocenters. The third-order valence-corrected chi connectivity index (χ3v) is 3.62. The van der Waals surface area contributed by atoms with E-state index in [0.29, 0.717) is 27.1 Å². The molecule has 0 aliphatic rings. The van der Waals surface area contributed by atoms with Crippen molar-refractivity contribution in [1.29, 1.82) is 0 Å². The summed E-state index contributed by atoms with van der Waals surface area (Å²) in [5, 5.41) is 4.00. The number of benzene rings is 1. The molecule has 0 aliphatic carbocycles. The highest BCUT2D eigenvalue weighted by Crippen LogP contribution is 2.26. The molecule has 0 spiro atoms. The molecule has 1 aromatic carbocycles. The summed E-state index contributed by atoms with van der Waals surface area (Å²) in [5.41, 5.74) is 1.36. The quantitative estimate of drug-likeness (QED) is 0.893. The van der Waals surface area contributed by atoms with Crippen LogP contribution in [0.15, 0.2) is 28.7 Å². The number of aryl methyl sites for hydroxylation is 2. The van der Waals surface area contributed by atoms with E-state index in [4.69, 9.17) is 27.6 Å². The third-order valence-electron chi connectivity index (χ3n) is 3.06. The van der Waals surface area contributed by atoms with E-state index in [1.807, 2.05) is 19.9 Å². The van der Waals surface area contributed by atoms with Crippen molar-refractivity contribution in [2.45, 2.75) is 26.8 Å². The lowest BCUT2D eigenvalue weighted by atomic mass is 10.1. The van der Waals surface area contributed by atoms with Gasteiger partial charge in [0.15, 0.2) is 0 Å². The highest BCUT2D eigenvalue weighted by atomic mass is 35.5. The van der Waals surface area contributed by atoms with Crippen LogP contribution in [0.2, 0.25) is 10.0 Å². The summed E-state index contributed by atoms with van der Waals surface area (Å²) in [6.07, 6.45) is 0. The van der Waals surface area contributed by atoms with Gasteiger partial charge >= 0.3 is 0 Å². The smallest absolute Gasteiger partial charge is 0.255 e. The molecule has 20 heavy (non-hydrogen) atoms. The first-order valence-electron chi connectivity index (χ1n) is 6.21. The van der Waals surface area contributed by atoms with Gasteiger partial charge in [-0.05, 0) is 44.5 Å². The zero-order valence-corrected chi connectivity index (χ0v) is 13.0. The van der Waals surface area contributed by atoms with Crippen LogP contribution in [0.5, 0.6) is 0 Å². The second-order valence-corrected chi connectivity index (χ2v) is 5.53. The van der Waals surface area contributed by atoms with E-state index in [0.717, 1.165) is 5.56 Å². The van der Waals surface area contributed by atoms with Gasteiger partial charge in [-0.25, -0.2) is 0 Å². The number of carbonyl (C=O) groups is 1. The van der Waals surface area contributed by atoms with Crippen LogP contribution in [0.4, 0.5) is 0 Å². The number of nitrogens with one attached hydrogen (secondary N) is 1. The van der Waals surface area contributed by atoms with Crippen molar-refractivity contribution in [3.63, 3.8) is 0 Å². The van der Waals surface area contributed by atoms with Gasteiger partial charge in [-0.3, -0.25) is 4.79 Å². The molecule has 0 saturated carbocycles. The second-order valence-electron chi connectivity index (χ2n) is 4.69. The van der Waals surface area contributed by atoms with Crippen LogP contribution >= 0.6 is 23.2 Å². The minimum atomic E-state index is -0.220. The Balaban J connectivity index is 2.17. The minimum absolute atomic E-state index is 0.183. The van der Waals surface area contributed by atoms with Crippen molar-refractivity contribution >= 4 is 29.1 Å². The predicted octanol–water partition coefficient (Wildman–Crippen LogP) is 4.69. The maximum Gasteiger partial charge on any atom is 0.255 e. The number of carbonyl (C=O) groups excluding carboxylic acids is 1. The topological polar surface area (TPSA) is 42.2 Å². The van der Waals surface area contributed by atoms with Crippen LogP contribution in [0.1, 0.15) is 40.4 Å². The Morgan fingerprint density at radius 1 is 1.25 bits per heavy atom. The van der Waals surface area contributed by atoms with Gasteiger partial charge in [0.25, 0.3) is 5.91 Å². The number of amides is 1. The molecule has 106 valence electrons. The molecule has 0 aliphatic heterocycles. The van der Waals surface area contributed by atoms with Crippen molar-refractivity contribution in [2.24, 2.45) is 0 Å². The molecule has 1 heterocycles. The second kappa shape index (κ2) is 5.90. The van der Waals surface area contributed by atoms with E-state index < -0.39 is 0 Å². The van der Waals surface area contributed by atoms with Crippen molar-refractivity contribution in [3.05, 3.63) is 57.0 Å².